The molecule has 0 spiro atoms. The Labute approximate surface area is 114 Å². The molecule has 0 saturated heterocycles. The van der Waals surface area contributed by atoms with Crippen molar-refractivity contribution >= 4 is 49.1 Å². The van der Waals surface area contributed by atoms with Crippen LogP contribution in [0, 0.1) is 0 Å². The van der Waals surface area contributed by atoms with Crippen molar-refractivity contribution < 1.29 is 0 Å². The monoisotopic (exact) mass is 328 g/mol. The van der Waals surface area contributed by atoms with Gasteiger partial charge in [-0.2, -0.15) is 5.10 Å². The summed E-state index contributed by atoms with van der Waals surface area (Å²) in [5.41, 5.74) is 2.61. The summed E-state index contributed by atoms with van der Waals surface area (Å²) in [6, 6.07) is 0. The summed E-state index contributed by atoms with van der Waals surface area (Å²) in [5, 5.41) is 6.37. The average molecular weight is 330 g/mol. The number of hydrogen-bond donors (Lipinski definition) is 0. The van der Waals surface area contributed by atoms with E-state index >= 15 is 0 Å². The molecule has 86 valence electrons. The minimum absolute atomic E-state index is 0.246. The molecule has 0 atom stereocenters. The van der Waals surface area contributed by atoms with E-state index in [0.29, 0.717) is 0 Å². The first-order valence-electron chi connectivity index (χ1n) is 4.74. The van der Waals surface area contributed by atoms with Gasteiger partial charge in [-0.25, -0.2) is 9.97 Å². The van der Waals surface area contributed by atoms with E-state index in [1.807, 2.05) is 18.6 Å². The zero-order valence-electron chi connectivity index (χ0n) is 8.69. The van der Waals surface area contributed by atoms with Crippen molar-refractivity contribution in [3.8, 4) is 11.3 Å². The van der Waals surface area contributed by atoms with Gasteiger partial charge >= 0.3 is 0 Å². The van der Waals surface area contributed by atoms with Crippen LogP contribution in [0.4, 0.5) is 0 Å². The topological polar surface area (TPSA) is 43.6 Å². The third-order valence-electron chi connectivity index (χ3n) is 2.32. The number of rotatable bonds is 1. The fraction of sp³-hybridized carbons (Fsp3) is 0.100. The van der Waals surface area contributed by atoms with E-state index < -0.39 is 0 Å². The Balaban J connectivity index is 2.35. The summed E-state index contributed by atoms with van der Waals surface area (Å²) in [7, 11) is 1.87. The number of hydrogen-bond acceptors (Lipinski definition) is 4. The first kappa shape index (κ1) is 11.1. The highest BCUT2D eigenvalue weighted by Gasteiger charge is 2.14. The molecule has 0 saturated carbocycles. The molecule has 17 heavy (non-hydrogen) atoms. The summed E-state index contributed by atoms with van der Waals surface area (Å²) in [5.74, 6) is 0. The van der Waals surface area contributed by atoms with Gasteiger partial charge < -0.3 is 0 Å². The summed E-state index contributed by atoms with van der Waals surface area (Å²) in [4.78, 5) is 8.51. The van der Waals surface area contributed by atoms with E-state index in [2.05, 4.69) is 31.0 Å². The molecule has 3 heterocycles. The maximum absolute atomic E-state index is 5.94. The summed E-state index contributed by atoms with van der Waals surface area (Å²) in [6.07, 6.45) is 3.68. The van der Waals surface area contributed by atoms with Crippen molar-refractivity contribution in [2.45, 2.75) is 0 Å². The number of thiophene rings is 1. The normalized spacial score (nSPS) is 11.2. The van der Waals surface area contributed by atoms with Crippen LogP contribution in [0.2, 0.25) is 5.28 Å². The van der Waals surface area contributed by atoms with Crippen LogP contribution in [0.5, 0.6) is 0 Å². The van der Waals surface area contributed by atoms with Gasteiger partial charge in [0.25, 0.3) is 0 Å². The number of nitrogens with zero attached hydrogens (tertiary/aromatic N) is 4. The molecule has 3 rings (SSSR count). The van der Waals surface area contributed by atoms with E-state index in [1.165, 1.54) is 0 Å². The Morgan fingerprint density at radius 1 is 1.41 bits per heavy atom. The highest BCUT2D eigenvalue weighted by atomic mass is 79.9. The molecule has 0 N–H and O–H groups in total. The minimum atomic E-state index is 0.246. The second kappa shape index (κ2) is 4.04. The maximum Gasteiger partial charge on any atom is 0.223 e. The van der Waals surface area contributed by atoms with Crippen molar-refractivity contribution in [1.29, 1.82) is 0 Å². The Morgan fingerprint density at radius 2 is 2.24 bits per heavy atom. The lowest BCUT2D eigenvalue weighted by molar-refractivity contribution is 0.768. The summed E-state index contributed by atoms with van der Waals surface area (Å²) >= 11 is 11.0. The molecule has 0 aliphatic rings. The van der Waals surface area contributed by atoms with Crippen molar-refractivity contribution in [1.82, 2.24) is 19.7 Å². The molecule has 3 aromatic heterocycles. The van der Waals surface area contributed by atoms with Gasteiger partial charge in [-0.05, 0) is 27.5 Å². The van der Waals surface area contributed by atoms with Gasteiger partial charge in [0, 0.05) is 24.2 Å². The van der Waals surface area contributed by atoms with Crippen LogP contribution in [0.3, 0.4) is 0 Å². The van der Waals surface area contributed by atoms with Crippen molar-refractivity contribution in [2.24, 2.45) is 7.05 Å². The molecule has 7 heteroatoms. The number of aromatic nitrogens is 4. The predicted molar refractivity (Wildman–Crippen MR) is 72.3 cm³/mol. The minimum Gasteiger partial charge on any atom is -0.275 e. The van der Waals surface area contributed by atoms with E-state index in [-0.39, 0.29) is 5.28 Å². The molecule has 0 aliphatic heterocycles. The third kappa shape index (κ3) is 1.86. The first-order chi connectivity index (χ1) is 8.15. The fourth-order valence-electron chi connectivity index (χ4n) is 1.60. The average Bonchev–Trinajstić information content (AvgIpc) is 2.86. The van der Waals surface area contributed by atoms with E-state index in [9.17, 15) is 0 Å². The standard InChI is InChI=1S/C10H6BrClN4S/c1-16-3-5(2-13-16)7-9-8(6(11)4-17-9)15-10(12)14-7/h2-4H,1H3. The van der Waals surface area contributed by atoms with Gasteiger partial charge in [-0.1, -0.05) is 0 Å². The van der Waals surface area contributed by atoms with Crippen LogP contribution in [0.1, 0.15) is 0 Å². The van der Waals surface area contributed by atoms with E-state index in [1.54, 1.807) is 22.2 Å². The van der Waals surface area contributed by atoms with Gasteiger partial charge in [0.2, 0.25) is 5.28 Å². The molecule has 0 aromatic carbocycles. The molecule has 0 bridgehead atoms. The highest BCUT2D eigenvalue weighted by molar-refractivity contribution is 9.10. The van der Waals surface area contributed by atoms with Crippen molar-refractivity contribution in [2.75, 3.05) is 0 Å². The SMILES string of the molecule is Cn1cc(-c2nc(Cl)nc3c(Br)csc23)cn1. The van der Waals surface area contributed by atoms with Gasteiger partial charge in [0.1, 0.15) is 5.52 Å². The van der Waals surface area contributed by atoms with Gasteiger partial charge in [-0.3, -0.25) is 4.68 Å². The van der Waals surface area contributed by atoms with Crippen LogP contribution in [0.15, 0.2) is 22.2 Å². The lowest BCUT2D eigenvalue weighted by Gasteiger charge is -1.99. The molecular weight excluding hydrogens is 324 g/mol. The highest BCUT2D eigenvalue weighted by Crippen LogP contribution is 2.35. The van der Waals surface area contributed by atoms with Crippen LogP contribution in [0.25, 0.3) is 21.5 Å². The third-order valence-corrected chi connectivity index (χ3v) is 4.38. The maximum atomic E-state index is 5.94. The van der Waals surface area contributed by atoms with Crippen LogP contribution < -0.4 is 0 Å². The van der Waals surface area contributed by atoms with Gasteiger partial charge in [0.05, 0.1) is 21.1 Å². The number of halogens is 2. The molecule has 0 unspecified atom stereocenters. The van der Waals surface area contributed by atoms with Crippen molar-refractivity contribution in [3.63, 3.8) is 0 Å². The van der Waals surface area contributed by atoms with Crippen LogP contribution in [-0.4, -0.2) is 19.7 Å². The molecule has 0 fully saturated rings. The predicted octanol–water partition coefficient (Wildman–Crippen LogP) is 3.51. The van der Waals surface area contributed by atoms with Gasteiger partial charge in [-0.15, -0.1) is 11.3 Å². The molecule has 4 nitrogen and oxygen atoms in total. The Kier molecular flexibility index (Phi) is 2.65. The summed E-state index contributed by atoms with van der Waals surface area (Å²) in [6.45, 7) is 0. The fourth-order valence-corrected chi connectivity index (χ4v) is 3.35. The van der Waals surface area contributed by atoms with Crippen LogP contribution >= 0.6 is 38.9 Å². The lowest BCUT2D eigenvalue weighted by atomic mass is 10.2. The number of aryl methyl sites for hydroxylation is 1. The van der Waals surface area contributed by atoms with E-state index in [4.69, 9.17) is 11.6 Å². The second-order valence-corrected chi connectivity index (χ2v) is 5.58. The summed E-state index contributed by atoms with van der Waals surface area (Å²) < 4.78 is 3.68. The largest absolute Gasteiger partial charge is 0.275 e. The Bertz CT molecular complexity index is 705. The zero-order chi connectivity index (χ0) is 12.0. The molecule has 0 radical (unpaired) electrons. The molecule has 0 amide bonds. The first-order valence-corrected chi connectivity index (χ1v) is 6.79. The van der Waals surface area contributed by atoms with E-state index in [0.717, 1.165) is 25.9 Å². The van der Waals surface area contributed by atoms with Crippen LogP contribution in [-0.2, 0) is 7.05 Å². The quantitative estimate of drug-likeness (QED) is 0.642. The zero-order valence-corrected chi connectivity index (χ0v) is 11.8. The van der Waals surface area contributed by atoms with Gasteiger partial charge in [0.15, 0.2) is 0 Å². The molecule has 3 aromatic rings. The number of fused-ring (bicyclic) bond motifs is 1. The lowest BCUT2D eigenvalue weighted by Crippen LogP contribution is -1.88. The smallest absolute Gasteiger partial charge is 0.223 e. The van der Waals surface area contributed by atoms with Crippen molar-refractivity contribution in [3.05, 3.63) is 27.5 Å². The Morgan fingerprint density at radius 3 is 2.94 bits per heavy atom. The molecular formula is C10H6BrClN4S. The molecule has 0 aliphatic carbocycles. The Hall–Kier alpha value is -0.980. The second-order valence-electron chi connectivity index (χ2n) is 3.51.